The highest BCUT2D eigenvalue weighted by molar-refractivity contribution is 5.94. The quantitative estimate of drug-likeness (QED) is 0.588. The van der Waals surface area contributed by atoms with Gasteiger partial charge in [-0.25, -0.2) is 4.79 Å². The van der Waals surface area contributed by atoms with Crippen LogP contribution in [0.2, 0.25) is 0 Å². The molecule has 2 rings (SSSR count). The van der Waals surface area contributed by atoms with E-state index in [0.29, 0.717) is 12.1 Å². The fourth-order valence-electron chi connectivity index (χ4n) is 2.58. The van der Waals surface area contributed by atoms with Crippen molar-refractivity contribution in [2.24, 2.45) is 0 Å². The third-order valence-electron chi connectivity index (χ3n) is 4.00. The zero-order valence-corrected chi connectivity index (χ0v) is 11.8. The minimum Gasteiger partial charge on any atom is -0.477 e. The molecule has 1 saturated carbocycles. The molecular weight excluding hydrogens is 276 g/mol. The maximum atomic E-state index is 11.3. The second-order valence-electron chi connectivity index (χ2n) is 5.22. The molecule has 7 nitrogen and oxygen atoms in total. The molecule has 0 amide bonds. The zero-order chi connectivity index (χ0) is 15.5. The molecule has 0 saturated heterocycles. The molecule has 0 aliphatic heterocycles. The molecule has 1 aromatic carbocycles. The van der Waals surface area contributed by atoms with Crippen molar-refractivity contribution in [3.63, 3.8) is 0 Å². The van der Waals surface area contributed by atoms with Crippen molar-refractivity contribution >= 4 is 11.7 Å². The topological polar surface area (TPSA) is 102 Å². The Bertz CT molecular complexity index is 549. The van der Waals surface area contributed by atoms with Gasteiger partial charge in [-0.05, 0) is 24.8 Å². The summed E-state index contributed by atoms with van der Waals surface area (Å²) in [6.07, 6.45) is 3.06. The van der Waals surface area contributed by atoms with Crippen LogP contribution in [0.5, 0.6) is 0 Å². The lowest BCUT2D eigenvalue weighted by atomic mass is 9.80. The number of carbonyl (C=O) groups is 1. The molecule has 1 aliphatic rings. The standard InChI is InChI=1S/C14H18N2O5/c1-21-14(6-3-7-14)9-15-8-10-4-2-5-11(16(19)20)12(10)13(17)18/h2,4-5,15H,3,6-9H2,1H3,(H,17,18). The predicted octanol–water partition coefficient (Wildman–Crippen LogP) is 1.95. The van der Waals surface area contributed by atoms with Crippen LogP contribution in [0.25, 0.3) is 0 Å². The van der Waals surface area contributed by atoms with E-state index >= 15 is 0 Å². The molecule has 0 unspecified atom stereocenters. The lowest BCUT2D eigenvalue weighted by molar-refractivity contribution is -0.385. The van der Waals surface area contributed by atoms with Crippen molar-refractivity contribution in [3.8, 4) is 0 Å². The monoisotopic (exact) mass is 294 g/mol. The van der Waals surface area contributed by atoms with Crippen molar-refractivity contribution < 1.29 is 19.6 Å². The molecule has 0 radical (unpaired) electrons. The Kier molecular flexibility index (Phi) is 4.54. The summed E-state index contributed by atoms with van der Waals surface area (Å²) < 4.78 is 5.46. The largest absolute Gasteiger partial charge is 0.477 e. The fraction of sp³-hybridized carbons (Fsp3) is 0.500. The van der Waals surface area contributed by atoms with E-state index in [0.717, 1.165) is 19.3 Å². The Morgan fingerprint density at radius 1 is 1.52 bits per heavy atom. The van der Waals surface area contributed by atoms with Crippen LogP contribution in [0, 0.1) is 10.1 Å². The van der Waals surface area contributed by atoms with Gasteiger partial charge in [0.25, 0.3) is 5.69 Å². The molecule has 1 aliphatic carbocycles. The van der Waals surface area contributed by atoms with Crippen LogP contribution in [0.3, 0.4) is 0 Å². The number of hydrogen-bond donors (Lipinski definition) is 2. The number of nitro groups is 1. The average Bonchev–Trinajstić information content (AvgIpc) is 2.41. The summed E-state index contributed by atoms with van der Waals surface area (Å²) >= 11 is 0. The summed E-state index contributed by atoms with van der Waals surface area (Å²) in [4.78, 5) is 21.5. The number of nitro benzene ring substituents is 1. The smallest absolute Gasteiger partial charge is 0.343 e. The number of rotatable bonds is 7. The number of nitrogens with zero attached hydrogens (tertiary/aromatic N) is 1. The zero-order valence-electron chi connectivity index (χ0n) is 11.8. The Hall–Kier alpha value is -1.99. The summed E-state index contributed by atoms with van der Waals surface area (Å²) in [5, 5.41) is 23.3. The molecule has 0 atom stereocenters. The number of hydrogen-bond acceptors (Lipinski definition) is 5. The van der Waals surface area contributed by atoms with Gasteiger partial charge in [-0.3, -0.25) is 10.1 Å². The van der Waals surface area contributed by atoms with Gasteiger partial charge in [0.2, 0.25) is 0 Å². The van der Waals surface area contributed by atoms with Crippen LogP contribution in [-0.4, -0.2) is 35.3 Å². The molecular formula is C14H18N2O5. The highest BCUT2D eigenvalue weighted by Crippen LogP contribution is 2.34. The van der Waals surface area contributed by atoms with E-state index in [1.807, 2.05) is 0 Å². The van der Waals surface area contributed by atoms with Gasteiger partial charge < -0.3 is 15.2 Å². The van der Waals surface area contributed by atoms with Crippen molar-refractivity contribution in [2.75, 3.05) is 13.7 Å². The molecule has 21 heavy (non-hydrogen) atoms. The van der Waals surface area contributed by atoms with Crippen molar-refractivity contribution in [3.05, 3.63) is 39.4 Å². The number of benzene rings is 1. The van der Waals surface area contributed by atoms with Gasteiger partial charge >= 0.3 is 5.97 Å². The van der Waals surface area contributed by atoms with E-state index in [1.54, 1.807) is 13.2 Å². The van der Waals surface area contributed by atoms with E-state index in [4.69, 9.17) is 4.74 Å². The van der Waals surface area contributed by atoms with Crippen LogP contribution in [-0.2, 0) is 11.3 Å². The fourth-order valence-corrected chi connectivity index (χ4v) is 2.58. The van der Waals surface area contributed by atoms with E-state index in [-0.39, 0.29) is 23.4 Å². The second kappa shape index (κ2) is 6.19. The number of carboxylic acid groups (broad SMARTS) is 1. The van der Waals surface area contributed by atoms with Crippen molar-refractivity contribution in [1.29, 1.82) is 0 Å². The molecule has 0 aromatic heterocycles. The van der Waals surface area contributed by atoms with Crippen LogP contribution in [0.4, 0.5) is 5.69 Å². The molecule has 0 heterocycles. The highest BCUT2D eigenvalue weighted by Gasteiger charge is 2.36. The van der Waals surface area contributed by atoms with Crippen LogP contribution < -0.4 is 5.32 Å². The Morgan fingerprint density at radius 3 is 2.71 bits per heavy atom. The summed E-state index contributed by atoms with van der Waals surface area (Å²) in [6, 6.07) is 4.29. The predicted molar refractivity (Wildman–Crippen MR) is 75.4 cm³/mol. The van der Waals surface area contributed by atoms with Crippen LogP contribution >= 0.6 is 0 Å². The lowest BCUT2D eigenvalue weighted by Gasteiger charge is -2.40. The number of aromatic carboxylic acids is 1. The van der Waals surface area contributed by atoms with E-state index in [2.05, 4.69) is 5.32 Å². The average molecular weight is 294 g/mol. The van der Waals surface area contributed by atoms with E-state index in [1.165, 1.54) is 12.1 Å². The summed E-state index contributed by atoms with van der Waals surface area (Å²) in [5.41, 5.74) is -0.409. The van der Waals surface area contributed by atoms with Crippen LogP contribution in [0.1, 0.15) is 35.2 Å². The minimum absolute atomic E-state index is 0.176. The van der Waals surface area contributed by atoms with Gasteiger partial charge in [0.1, 0.15) is 5.56 Å². The summed E-state index contributed by atoms with van der Waals surface area (Å²) in [7, 11) is 1.66. The van der Waals surface area contributed by atoms with E-state index < -0.39 is 10.9 Å². The first-order valence-electron chi connectivity index (χ1n) is 6.74. The molecule has 2 N–H and O–H groups in total. The molecule has 0 bridgehead atoms. The third kappa shape index (κ3) is 3.20. The summed E-state index contributed by atoms with van der Waals surface area (Å²) in [5.74, 6) is -1.29. The number of methoxy groups -OCH3 is 1. The van der Waals surface area contributed by atoms with Gasteiger partial charge in [-0.1, -0.05) is 12.1 Å². The molecule has 0 spiro atoms. The third-order valence-corrected chi connectivity index (χ3v) is 4.00. The minimum atomic E-state index is -1.29. The Morgan fingerprint density at radius 2 is 2.24 bits per heavy atom. The normalized spacial score (nSPS) is 16.2. The first-order valence-corrected chi connectivity index (χ1v) is 6.74. The van der Waals surface area contributed by atoms with Gasteiger partial charge in [0, 0.05) is 26.3 Å². The van der Waals surface area contributed by atoms with Gasteiger partial charge in [-0.2, -0.15) is 0 Å². The molecule has 1 aromatic rings. The first-order chi connectivity index (χ1) is 9.99. The first kappa shape index (κ1) is 15.4. The Labute approximate surface area is 122 Å². The van der Waals surface area contributed by atoms with E-state index in [9.17, 15) is 20.0 Å². The van der Waals surface area contributed by atoms with Gasteiger partial charge in [0.15, 0.2) is 0 Å². The van der Waals surface area contributed by atoms with Gasteiger partial charge in [0.05, 0.1) is 10.5 Å². The van der Waals surface area contributed by atoms with Crippen molar-refractivity contribution in [1.82, 2.24) is 5.32 Å². The highest BCUT2D eigenvalue weighted by atomic mass is 16.6. The summed E-state index contributed by atoms with van der Waals surface area (Å²) in [6.45, 7) is 0.861. The SMILES string of the molecule is COC1(CNCc2cccc([N+](=O)[O-])c2C(=O)O)CCC1. The van der Waals surface area contributed by atoms with Gasteiger partial charge in [-0.15, -0.1) is 0 Å². The number of carboxylic acids is 1. The molecule has 114 valence electrons. The molecule has 1 fully saturated rings. The maximum Gasteiger partial charge on any atom is 0.343 e. The number of ether oxygens (including phenoxy) is 1. The number of nitrogens with one attached hydrogen (secondary N) is 1. The molecule has 7 heteroatoms. The maximum absolute atomic E-state index is 11.3. The second-order valence-corrected chi connectivity index (χ2v) is 5.22. The van der Waals surface area contributed by atoms with Crippen molar-refractivity contribution in [2.45, 2.75) is 31.4 Å². The van der Waals surface area contributed by atoms with Crippen LogP contribution in [0.15, 0.2) is 18.2 Å². The Balaban J connectivity index is 2.11. The lowest BCUT2D eigenvalue weighted by Crippen LogP contribution is -2.47.